The highest BCUT2D eigenvalue weighted by molar-refractivity contribution is 7.98. The van der Waals surface area contributed by atoms with Crippen LogP contribution in [0, 0.1) is 0 Å². The van der Waals surface area contributed by atoms with Gasteiger partial charge >= 0.3 is 5.97 Å². The van der Waals surface area contributed by atoms with E-state index in [1.807, 2.05) is 12.3 Å². The van der Waals surface area contributed by atoms with Crippen molar-refractivity contribution >= 4 is 29.3 Å². The van der Waals surface area contributed by atoms with Crippen LogP contribution in [0.25, 0.3) is 0 Å². The van der Waals surface area contributed by atoms with E-state index >= 15 is 0 Å². The van der Waals surface area contributed by atoms with Crippen LogP contribution in [0.15, 0.2) is 17.0 Å². The number of rotatable bonds is 4. The molecule has 0 spiro atoms. The molecule has 1 fully saturated rings. The highest BCUT2D eigenvalue weighted by Crippen LogP contribution is 2.44. The van der Waals surface area contributed by atoms with E-state index < -0.39 is 11.4 Å². The fourth-order valence-electron chi connectivity index (χ4n) is 2.98. The summed E-state index contributed by atoms with van der Waals surface area (Å²) in [5, 5.41) is 10.2. The van der Waals surface area contributed by atoms with E-state index in [9.17, 15) is 9.90 Å². The van der Waals surface area contributed by atoms with Gasteiger partial charge in [0.15, 0.2) is 5.75 Å². The number of aliphatic carboxylic acids is 1. The van der Waals surface area contributed by atoms with Crippen LogP contribution in [-0.4, -0.2) is 24.4 Å². The molecule has 0 aliphatic heterocycles. The standard InChI is InChI=1S/C15H19ClO3S/c1-19-13-11(16)8-10(9-12(13)20-2)15(14(17)18)6-4-3-5-7-15/h8-9H,3-7H2,1-2H3,(H,17,18). The summed E-state index contributed by atoms with van der Waals surface area (Å²) in [5.74, 6) is -0.121. The normalized spacial score (nSPS) is 17.8. The zero-order valence-electron chi connectivity index (χ0n) is 11.7. The average Bonchev–Trinajstić information content (AvgIpc) is 2.46. The van der Waals surface area contributed by atoms with E-state index in [0.29, 0.717) is 23.6 Å². The fraction of sp³-hybridized carbons (Fsp3) is 0.533. The van der Waals surface area contributed by atoms with Crippen molar-refractivity contribution in [3.05, 3.63) is 22.7 Å². The number of carbonyl (C=O) groups is 1. The first-order valence-corrected chi connectivity index (χ1v) is 8.31. The fourth-order valence-corrected chi connectivity index (χ4v) is 3.95. The summed E-state index contributed by atoms with van der Waals surface area (Å²) < 4.78 is 5.30. The first-order valence-electron chi connectivity index (χ1n) is 6.70. The van der Waals surface area contributed by atoms with Crippen LogP contribution in [0.3, 0.4) is 0 Å². The zero-order valence-corrected chi connectivity index (χ0v) is 13.3. The summed E-state index contributed by atoms with van der Waals surface area (Å²) >= 11 is 7.79. The van der Waals surface area contributed by atoms with Gasteiger partial charge < -0.3 is 9.84 Å². The van der Waals surface area contributed by atoms with Gasteiger partial charge in [0.2, 0.25) is 0 Å². The van der Waals surface area contributed by atoms with Crippen molar-refractivity contribution < 1.29 is 14.6 Å². The van der Waals surface area contributed by atoms with Crippen LogP contribution < -0.4 is 4.74 Å². The van der Waals surface area contributed by atoms with Crippen molar-refractivity contribution in [1.29, 1.82) is 0 Å². The summed E-state index contributed by atoms with van der Waals surface area (Å²) in [6, 6.07) is 3.69. The number of methoxy groups -OCH3 is 1. The number of hydrogen-bond acceptors (Lipinski definition) is 3. The molecular formula is C15H19ClO3S. The van der Waals surface area contributed by atoms with Gasteiger partial charge in [0.1, 0.15) is 0 Å². The topological polar surface area (TPSA) is 46.5 Å². The minimum atomic E-state index is -0.793. The average molecular weight is 315 g/mol. The second kappa shape index (κ2) is 6.27. The lowest BCUT2D eigenvalue weighted by Gasteiger charge is -2.34. The molecule has 0 bridgehead atoms. The Balaban J connectivity index is 2.54. The lowest BCUT2D eigenvalue weighted by atomic mass is 9.69. The van der Waals surface area contributed by atoms with Gasteiger partial charge in [0.05, 0.1) is 22.4 Å². The monoisotopic (exact) mass is 314 g/mol. The molecule has 2 rings (SSSR count). The van der Waals surface area contributed by atoms with Gasteiger partial charge in [-0.15, -0.1) is 11.8 Å². The number of halogens is 1. The summed E-state index contributed by atoms with van der Waals surface area (Å²) in [6.07, 6.45) is 6.30. The van der Waals surface area contributed by atoms with E-state index in [2.05, 4.69) is 0 Å². The van der Waals surface area contributed by atoms with Gasteiger partial charge in [-0.05, 0) is 36.8 Å². The minimum Gasteiger partial charge on any atom is -0.494 e. The van der Waals surface area contributed by atoms with Crippen molar-refractivity contribution in [2.45, 2.75) is 42.4 Å². The second-order valence-electron chi connectivity index (χ2n) is 5.14. The Morgan fingerprint density at radius 3 is 2.50 bits per heavy atom. The van der Waals surface area contributed by atoms with Crippen molar-refractivity contribution in [2.24, 2.45) is 0 Å². The van der Waals surface area contributed by atoms with Gasteiger partial charge in [0, 0.05) is 0 Å². The van der Waals surface area contributed by atoms with E-state index in [1.54, 1.807) is 13.2 Å². The van der Waals surface area contributed by atoms with Crippen molar-refractivity contribution in [3.8, 4) is 5.75 Å². The molecule has 0 amide bonds. The Morgan fingerprint density at radius 2 is 2.00 bits per heavy atom. The molecular weight excluding hydrogens is 296 g/mol. The van der Waals surface area contributed by atoms with Gasteiger partial charge in [-0.2, -0.15) is 0 Å². The highest BCUT2D eigenvalue weighted by atomic mass is 35.5. The molecule has 1 N–H and O–H groups in total. The van der Waals surface area contributed by atoms with Crippen LogP contribution in [0.1, 0.15) is 37.7 Å². The highest BCUT2D eigenvalue weighted by Gasteiger charge is 2.41. The first-order chi connectivity index (χ1) is 9.55. The molecule has 5 heteroatoms. The van der Waals surface area contributed by atoms with Crippen LogP contribution in [0.5, 0.6) is 5.75 Å². The van der Waals surface area contributed by atoms with E-state index in [1.165, 1.54) is 11.8 Å². The molecule has 0 aromatic heterocycles. The summed E-state index contributed by atoms with van der Waals surface area (Å²) in [7, 11) is 1.58. The quantitative estimate of drug-likeness (QED) is 0.839. The predicted molar refractivity (Wildman–Crippen MR) is 82.2 cm³/mol. The molecule has 0 radical (unpaired) electrons. The number of thioether (sulfide) groups is 1. The smallest absolute Gasteiger partial charge is 0.314 e. The third kappa shape index (κ3) is 2.63. The third-order valence-corrected chi connectivity index (χ3v) is 5.13. The number of hydrogen-bond donors (Lipinski definition) is 1. The van der Waals surface area contributed by atoms with Crippen molar-refractivity contribution in [3.63, 3.8) is 0 Å². The number of ether oxygens (including phenoxy) is 1. The lowest BCUT2D eigenvalue weighted by Crippen LogP contribution is -2.37. The lowest BCUT2D eigenvalue weighted by molar-refractivity contribution is -0.145. The molecule has 0 unspecified atom stereocenters. The summed E-state index contributed by atoms with van der Waals surface area (Å²) in [6.45, 7) is 0. The van der Waals surface area contributed by atoms with Gasteiger partial charge in [-0.1, -0.05) is 30.9 Å². The number of benzene rings is 1. The van der Waals surface area contributed by atoms with Crippen molar-refractivity contribution in [1.82, 2.24) is 0 Å². The maximum absolute atomic E-state index is 11.9. The second-order valence-corrected chi connectivity index (χ2v) is 6.40. The Labute approximate surface area is 128 Å². The summed E-state index contributed by atoms with van der Waals surface area (Å²) in [5.41, 5.74) is 0.0124. The van der Waals surface area contributed by atoms with Gasteiger partial charge in [-0.3, -0.25) is 4.79 Å². The largest absolute Gasteiger partial charge is 0.494 e. The molecule has 0 heterocycles. The molecule has 0 atom stereocenters. The molecule has 1 aliphatic rings. The molecule has 1 aromatic rings. The van der Waals surface area contributed by atoms with E-state index in [0.717, 1.165) is 29.7 Å². The van der Waals surface area contributed by atoms with Crippen molar-refractivity contribution in [2.75, 3.05) is 13.4 Å². The Kier molecular flexibility index (Phi) is 4.86. The van der Waals surface area contributed by atoms with Gasteiger partial charge in [-0.25, -0.2) is 0 Å². The molecule has 1 aliphatic carbocycles. The SMILES string of the molecule is COc1c(Cl)cc(C2(C(=O)O)CCCCC2)cc1SC. The molecule has 1 aromatic carbocycles. The molecule has 3 nitrogen and oxygen atoms in total. The number of carboxylic acid groups (broad SMARTS) is 1. The number of carboxylic acids is 1. The zero-order chi connectivity index (χ0) is 14.8. The van der Waals surface area contributed by atoms with Crippen LogP contribution >= 0.6 is 23.4 Å². The van der Waals surface area contributed by atoms with Crippen LogP contribution in [0.2, 0.25) is 5.02 Å². The first kappa shape index (κ1) is 15.5. The molecule has 0 saturated heterocycles. The molecule has 20 heavy (non-hydrogen) atoms. The Morgan fingerprint density at radius 1 is 1.35 bits per heavy atom. The van der Waals surface area contributed by atoms with Gasteiger partial charge in [0.25, 0.3) is 0 Å². The Hall–Kier alpha value is -0.870. The minimum absolute atomic E-state index is 0.487. The molecule has 1 saturated carbocycles. The third-order valence-electron chi connectivity index (χ3n) is 4.10. The van der Waals surface area contributed by atoms with E-state index in [-0.39, 0.29) is 0 Å². The maximum Gasteiger partial charge on any atom is 0.314 e. The molecule has 110 valence electrons. The Bertz CT molecular complexity index is 510. The maximum atomic E-state index is 11.9. The van der Waals surface area contributed by atoms with E-state index in [4.69, 9.17) is 16.3 Å². The predicted octanol–water partition coefficient (Wildman–Crippen LogP) is 4.36. The van der Waals surface area contributed by atoms with Crippen LogP contribution in [0.4, 0.5) is 0 Å². The summed E-state index contributed by atoms with van der Waals surface area (Å²) in [4.78, 5) is 12.8. The van der Waals surface area contributed by atoms with Crippen LogP contribution in [-0.2, 0) is 10.2 Å².